The van der Waals surface area contributed by atoms with Crippen LogP contribution >= 0.6 is 0 Å². The van der Waals surface area contributed by atoms with E-state index in [2.05, 4.69) is 10.4 Å². The Bertz CT molecular complexity index is 1020. The third-order valence-electron chi connectivity index (χ3n) is 4.38. The minimum Gasteiger partial charge on any atom is -0.491 e. The highest BCUT2D eigenvalue weighted by Crippen LogP contribution is 2.15. The molecule has 0 spiro atoms. The first-order chi connectivity index (χ1) is 13.5. The van der Waals surface area contributed by atoms with Crippen molar-refractivity contribution in [3.63, 3.8) is 0 Å². The Labute approximate surface area is 164 Å². The summed E-state index contributed by atoms with van der Waals surface area (Å²) in [5.74, 6) is 0.554. The number of nitrogens with one attached hydrogen (secondary N) is 1. The van der Waals surface area contributed by atoms with Gasteiger partial charge in [-0.3, -0.25) is 9.59 Å². The number of aryl methyl sites for hydroxylation is 1. The van der Waals surface area contributed by atoms with Gasteiger partial charge in [-0.1, -0.05) is 30.3 Å². The molecule has 1 heterocycles. The van der Waals surface area contributed by atoms with Crippen LogP contribution in [-0.4, -0.2) is 28.3 Å². The highest BCUT2D eigenvalue weighted by molar-refractivity contribution is 6.04. The lowest BCUT2D eigenvalue weighted by Gasteiger charge is -2.11. The number of amides is 1. The highest BCUT2D eigenvalue weighted by atomic mass is 16.5. The van der Waals surface area contributed by atoms with Gasteiger partial charge in [-0.15, -0.1) is 0 Å². The molecule has 1 N–H and O–H groups in total. The fraction of sp³-hybridized carbons (Fsp3) is 0.318. The van der Waals surface area contributed by atoms with Crippen molar-refractivity contribution >= 4 is 16.7 Å². The summed E-state index contributed by atoms with van der Waals surface area (Å²) >= 11 is 0. The van der Waals surface area contributed by atoms with Gasteiger partial charge < -0.3 is 10.1 Å². The summed E-state index contributed by atoms with van der Waals surface area (Å²) in [6.45, 7) is 6.70. The zero-order valence-electron chi connectivity index (χ0n) is 16.4. The normalized spacial score (nSPS) is 11.0. The van der Waals surface area contributed by atoms with Crippen LogP contribution in [0.4, 0.5) is 0 Å². The Balaban J connectivity index is 1.70. The summed E-state index contributed by atoms with van der Waals surface area (Å²) < 4.78 is 6.96. The van der Waals surface area contributed by atoms with Crippen LogP contribution in [0.1, 0.15) is 36.8 Å². The SMILES string of the molecule is CCn1nc(C(=O)NCCc2ccc(OC(C)C)cc2)c2ccccc2c1=O. The molecule has 2 aromatic carbocycles. The van der Waals surface area contributed by atoms with E-state index in [1.165, 1.54) is 4.68 Å². The molecule has 0 aliphatic rings. The van der Waals surface area contributed by atoms with Gasteiger partial charge in [0.25, 0.3) is 11.5 Å². The molecule has 1 aromatic heterocycles. The topological polar surface area (TPSA) is 73.2 Å². The maximum atomic E-state index is 12.7. The Morgan fingerprint density at radius 1 is 1.11 bits per heavy atom. The molecule has 3 rings (SSSR count). The third-order valence-corrected chi connectivity index (χ3v) is 4.38. The zero-order valence-corrected chi connectivity index (χ0v) is 16.4. The smallest absolute Gasteiger partial charge is 0.274 e. The molecular formula is C22H25N3O3. The molecule has 1 amide bonds. The van der Waals surface area contributed by atoms with Gasteiger partial charge in [0, 0.05) is 18.5 Å². The number of carbonyl (C=O) groups is 1. The van der Waals surface area contributed by atoms with E-state index in [0.717, 1.165) is 11.3 Å². The summed E-state index contributed by atoms with van der Waals surface area (Å²) in [6, 6.07) is 14.9. The maximum absolute atomic E-state index is 12.7. The lowest BCUT2D eigenvalue weighted by Crippen LogP contribution is -2.31. The van der Waals surface area contributed by atoms with Gasteiger partial charge in [0.2, 0.25) is 0 Å². The van der Waals surface area contributed by atoms with Crippen LogP contribution in [0.25, 0.3) is 10.8 Å². The number of benzene rings is 2. The van der Waals surface area contributed by atoms with Crippen molar-refractivity contribution in [2.24, 2.45) is 0 Å². The zero-order chi connectivity index (χ0) is 20.1. The van der Waals surface area contributed by atoms with E-state index in [-0.39, 0.29) is 23.3 Å². The van der Waals surface area contributed by atoms with Crippen LogP contribution in [0.15, 0.2) is 53.3 Å². The number of hydrogen-bond acceptors (Lipinski definition) is 4. The van der Waals surface area contributed by atoms with Crippen LogP contribution in [0.2, 0.25) is 0 Å². The van der Waals surface area contributed by atoms with Crippen LogP contribution in [0.3, 0.4) is 0 Å². The fourth-order valence-electron chi connectivity index (χ4n) is 3.03. The van der Waals surface area contributed by atoms with Crippen LogP contribution in [-0.2, 0) is 13.0 Å². The minimum absolute atomic E-state index is 0.138. The molecule has 0 unspecified atom stereocenters. The second-order valence-corrected chi connectivity index (χ2v) is 6.83. The summed E-state index contributed by atoms with van der Waals surface area (Å²) in [6.07, 6.45) is 0.831. The van der Waals surface area contributed by atoms with Gasteiger partial charge in [-0.25, -0.2) is 4.68 Å². The predicted octanol–water partition coefficient (Wildman–Crippen LogP) is 3.18. The summed E-state index contributed by atoms with van der Waals surface area (Å²) in [4.78, 5) is 25.1. The second kappa shape index (κ2) is 8.69. The molecular weight excluding hydrogens is 354 g/mol. The average molecular weight is 379 g/mol. The van der Waals surface area contributed by atoms with Gasteiger partial charge in [0.1, 0.15) is 5.75 Å². The maximum Gasteiger partial charge on any atom is 0.274 e. The molecule has 0 radical (unpaired) electrons. The second-order valence-electron chi connectivity index (χ2n) is 6.83. The molecule has 28 heavy (non-hydrogen) atoms. The van der Waals surface area contributed by atoms with E-state index >= 15 is 0 Å². The number of hydrogen-bond donors (Lipinski definition) is 1. The van der Waals surface area contributed by atoms with Crippen LogP contribution < -0.4 is 15.6 Å². The predicted molar refractivity (Wildman–Crippen MR) is 110 cm³/mol. The van der Waals surface area contributed by atoms with Gasteiger partial charge in [-0.2, -0.15) is 5.10 Å². The first-order valence-corrected chi connectivity index (χ1v) is 9.53. The fourth-order valence-corrected chi connectivity index (χ4v) is 3.03. The third kappa shape index (κ3) is 4.39. The molecule has 0 atom stereocenters. The molecule has 0 aliphatic heterocycles. The Morgan fingerprint density at radius 3 is 2.43 bits per heavy atom. The van der Waals surface area contributed by atoms with Gasteiger partial charge in [0.05, 0.1) is 11.5 Å². The quantitative estimate of drug-likeness (QED) is 0.684. The molecule has 0 bridgehead atoms. The van der Waals surface area contributed by atoms with Crippen LogP contribution in [0, 0.1) is 0 Å². The van der Waals surface area contributed by atoms with E-state index in [1.54, 1.807) is 24.3 Å². The molecule has 0 saturated heterocycles. The molecule has 146 valence electrons. The Hall–Kier alpha value is -3.15. The lowest BCUT2D eigenvalue weighted by molar-refractivity contribution is 0.0948. The van der Waals surface area contributed by atoms with E-state index in [1.807, 2.05) is 45.0 Å². The van der Waals surface area contributed by atoms with Gasteiger partial charge in [-0.05, 0) is 51.0 Å². The minimum atomic E-state index is -0.279. The van der Waals surface area contributed by atoms with E-state index in [0.29, 0.717) is 30.3 Å². The largest absolute Gasteiger partial charge is 0.491 e. The molecule has 3 aromatic rings. The van der Waals surface area contributed by atoms with Crippen molar-refractivity contribution in [2.75, 3.05) is 6.54 Å². The number of nitrogens with zero attached hydrogens (tertiary/aromatic N) is 2. The summed E-state index contributed by atoms with van der Waals surface area (Å²) in [7, 11) is 0. The molecule has 6 heteroatoms. The van der Waals surface area contributed by atoms with E-state index in [9.17, 15) is 9.59 Å². The monoisotopic (exact) mass is 379 g/mol. The average Bonchev–Trinajstić information content (AvgIpc) is 2.69. The first kappa shape index (κ1) is 19.6. The molecule has 0 aliphatic carbocycles. The summed E-state index contributed by atoms with van der Waals surface area (Å²) in [5, 5.41) is 8.25. The van der Waals surface area contributed by atoms with Crippen molar-refractivity contribution in [2.45, 2.75) is 39.8 Å². The van der Waals surface area contributed by atoms with Crippen molar-refractivity contribution < 1.29 is 9.53 Å². The molecule has 6 nitrogen and oxygen atoms in total. The number of ether oxygens (including phenoxy) is 1. The first-order valence-electron chi connectivity index (χ1n) is 9.53. The van der Waals surface area contributed by atoms with Crippen molar-refractivity contribution in [1.29, 1.82) is 0 Å². The van der Waals surface area contributed by atoms with Gasteiger partial charge >= 0.3 is 0 Å². The van der Waals surface area contributed by atoms with Crippen molar-refractivity contribution in [3.8, 4) is 5.75 Å². The number of carbonyl (C=O) groups excluding carboxylic acids is 1. The molecule has 0 saturated carbocycles. The van der Waals surface area contributed by atoms with Crippen molar-refractivity contribution in [1.82, 2.24) is 15.1 Å². The lowest BCUT2D eigenvalue weighted by atomic mass is 10.1. The standard InChI is InChI=1S/C22H25N3O3/c1-4-25-22(27)19-8-6-5-7-18(19)20(24-25)21(26)23-14-13-16-9-11-17(12-10-16)28-15(2)3/h5-12,15H,4,13-14H2,1-3H3,(H,23,26). The number of rotatable bonds is 7. The van der Waals surface area contributed by atoms with E-state index < -0.39 is 0 Å². The number of fused-ring (bicyclic) bond motifs is 1. The molecule has 0 fully saturated rings. The highest BCUT2D eigenvalue weighted by Gasteiger charge is 2.15. The van der Waals surface area contributed by atoms with Crippen molar-refractivity contribution in [3.05, 3.63) is 70.1 Å². The summed E-state index contributed by atoms with van der Waals surface area (Å²) in [5.41, 5.74) is 1.20. The van der Waals surface area contributed by atoms with Gasteiger partial charge in [0.15, 0.2) is 5.69 Å². The Morgan fingerprint density at radius 2 is 1.79 bits per heavy atom. The van der Waals surface area contributed by atoms with E-state index in [4.69, 9.17) is 4.74 Å². The Kier molecular flexibility index (Phi) is 6.09. The van der Waals surface area contributed by atoms with Crippen LogP contribution in [0.5, 0.6) is 5.75 Å². The number of aromatic nitrogens is 2.